The van der Waals surface area contributed by atoms with Crippen LogP contribution >= 0.6 is 11.3 Å². The lowest BCUT2D eigenvalue weighted by Gasteiger charge is -2.05. The highest BCUT2D eigenvalue weighted by Crippen LogP contribution is 2.23. The third-order valence-electron chi connectivity index (χ3n) is 2.09. The first-order valence-electron chi connectivity index (χ1n) is 5.59. The van der Waals surface area contributed by atoms with E-state index in [9.17, 15) is 13.2 Å². The Bertz CT molecular complexity index is 540. The van der Waals surface area contributed by atoms with Crippen LogP contribution in [0.1, 0.15) is 16.6 Å². The fourth-order valence-electron chi connectivity index (χ4n) is 1.27. The Labute approximate surface area is 115 Å². The van der Waals surface area contributed by atoms with E-state index in [0.29, 0.717) is 11.7 Å². The predicted molar refractivity (Wildman–Crippen MR) is 75.9 cm³/mol. The Morgan fingerprint density at radius 3 is 2.68 bits per heavy atom. The minimum absolute atomic E-state index is 0.0143. The molecule has 19 heavy (non-hydrogen) atoms. The zero-order valence-corrected chi connectivity index (χ0v) is 12.3. The van der Waals surface area contributed by atoms with Crippen molar-refractivity contribution in [2.45, 2.75) is 6.92 Å². The molecular weight excluding hydrogens is 290 g/mol. The van der Waals surface area contributed by atoms with E-state index in [1.165, 1.54) is 0 Å². The van der Waals surface area contributed by atoms with Crippen LogP contribution < -0.4 is 21.1 Å². The number of rotatable bonds is 7. The van der Waals surface area contributed by atoms with Crippen molar-refractivity contribution in [1.82, 2.24) is 15.0 Å². The number of carbonyl (C=O) groups excluding carboxylic acids is 1. The summed E-state index contributed by atoms with van der Waals surface area (Å²) < 4.78 is 25.1. The number of nitrogens with two attached hydrogens (primary N) is 1. The average Bonchev–Trinajstić information content (AvgIpc) is 2.70. The molecule has 8 nitrogen and oxygen atoms in total. The van der Waals surface area contributed by atoms with Crippen molar-refractivity contribution in [3.05, 3.63) is 4.88 Å². The Morgan fingerprint density at radius 1 is 1.47 bits per heavy atom. The lowest BCUT2D eigenvalue weighted by molar-refractivity contribution is 0.0961. The van der Waals surface area contributed by atoms with E-state index in [-0.39, 0.29) is 23.0 Å². The van der Waals surface area contributed by atoms with E-state index in [2.05, 4.69) is 20.3 Å². The molecule has 1 amide bonds. The minimum atomic E-state index is -3.34. The van der Waals surface area contributed by atoms with E-state index in [4.69, 9.17) is 5.73 Å². The summed E-state index contributed by atoms with van der Waals surface area (Å²) in [6.45, 7) is 2.03. The molecule has 0 atom stereocenters. The standard InChI is InChI=1S/C9H17N5O3S2/c1-3-13-19(16,17)5-4-12-8(15)6-7(10)14-9(11-2)18-6/h13H,3-5,10H2,1-2H3,(H,11,14)(H,12,15). The van der Waals surface area contributed by atoms with E-state index in [0.717, 1.165) is 11.3 Å². The maximum Gasteiger partial charge on any atom is 0.265 e. The normalized spacial score (nSPS) is 11.3. The largest absolute Gasteiger partial charge is 0.382 e. The molecular formula is C9H17N5O3S2. The van der Waals surface area contributed by atoms with Crippen LogP contribution in [0.5, 0.6) is 0 Å². The topological polar surface area (TPSA) is 126 Å². The number of thiazole rings is 1. The van der Waals surface area contributed by atoms with Gasteiger partial charge in [0, 0.05) is 20.1 Å². The van der Waals surface area contributed by atoms with Crippen molar-refractivity contribution in [3.8, 4) is 0 Å². The van der Waals surface area contributed by atoms with Crippen molar-refractivity contribution >= 4 is 38.2 Å². The first-order valence-corrected chi connectivity index (χ1v) is 8.06. The summed E-state index contributed by atoms with van der Waals surface area (Å²) >= 11 is 1.11. The smallest absolute Gasteiger partial charge is 0.265 e. The van der Waals surface area contributed by atoms with Crippen LogP contribution in [0.3, 0.4) is 0 Å². The second-order valence-electron chi connectivity index (χ2n) is 3.56. The first-order chi connectivity index (χ1) is 8.89. The van der Waals surface area contributed by atoms with Gasteiger partial charge in [-0.2, -0.15) is 0 Å². The molecule has 1 rings (SSSR count). The summed E-state index contributed by atoms with van der Waals surface area (Å²) in [5.74, 6) is -0.478. The van der Waals surface area contributed by atoms with Gasteiger partial charge in [-0.05, 0) is 0 Å². The van der Waals surface area contributed by atoms with Gasteiger partial charge in [-0.15, -0.1) is 0 Å². The molecule has 0 aliphatic heterocycles. The second kappa shape index (κ2) is 6.68. The molecule has 0 saturated carbocycles. The molecule has 0 unspecified atom stereocenters. The number of anilines is 2. The molecule has 5 N–H and O–H groups in total. The molecule has 0 spiro atoms. The second-order valence-corrected chi connectivity index (χ2v) is 6.48. The highest BCUT2D eigenvalue weighted by atomic mass is 32.2. The third-order valence-corrected chi connectivity index (χ3v) is 4.65. The van der Waals surface area contributed by atoms with Gasteiger partial charge >= 0.3 is 0 Å². The third kappa shape index (κ3) is 4.65. The number of nitrogens with one attached hydrogen (secondary N) is 3. The van der Waals surface area contributed by atoms with Crippen LogP contribution in [0.4, 0.5) is 10.9 Å². The molecule has 1 heterocycles. The van der Waals surface area contributed by atoms with Crippen LogP contribution in [0, 0.1) is 0 Å². The van der Waals surface area contributed by atoms with Gasteiger partial charge in [-0.25, -0.2) is 18.1 Å². The van der Waals surface area contributed by atoms with E-state index in [1.54, 1.807) is 14.0 Å². The highest BCUT2D eigenvalue weighted by molar-refractivity contribution is 7.89. The fraction of sp³-hybridized carbons (Fsp3) is 0.556. The summed E-state index contributed by atoms with van der Waals surface area (Å²) in [5.41, 5.74) is 5.59. The lowest BCUT2D eigenvalue weighted by Crippen LogP contribution is -2.34. The number of nitrogens with zero attached hydrogens (tertiary/aromatic N) is 1. The summed E-state index contributed by atoms with van der Waals surface area (Å²) in [6.07, 6.45) is 0. The molecule has 0 aliphatic rings. The van der Waals surface area contributed by atoms with Gasteiger partial charge in [-0.1, -0.05) is 18.3 Å². The number of aromatic nitrogens is 1. The Hall–Kier alpha value is -1.39. The molecule has 108 valence electrons. The number of sulfonamides is 1. The quantitative estimate of drug-likeness (QED) is 0.535. The van der Waals surface area contributed by atoms with Gasteiger partial charge in [-0.3, -0.25) is 4.79 Å². The number of hydrogen-bond acceptors (Lipinski definition) is 7. The summed E-state index contributed by atoms with van der Waals surface area (Å²) in [7, 11) is -1.67. The minimum Gasteiger partial charge on any atom is -0.382 e. The van der Waals surface area contributed by atoms with E-state index >= 15 is 0 Å². The summed E-state index contributed by atoms with van der Waals surface area (Å²) in [5, 5.41) is 5.81. The van der Waals surface area contributed by atoms with Gasteiger partial charge in [0.1, 0.15) is 10.7 Å². The molecule has 1 aromatic heterocycles. The number of nitrogen functional groups attached to an aromatic ring is 1. The zero-order chi connectivity index (χ0) is 14.5. The van der Waals surface area contributed by atoms with Crippen molar-refractivity contribution in [2.24, 2.45) is 0 Å². The van der Waals surface area contributed by atoms with E-state index < -0.39 is 15.9 Å². The van der Waals surface area contributed by atoms with Crippen molar-refractivity contribution in [2.75, 3.05) is 36.9 Å². The highest BCUT2D eigenvalue weighted by Gasteiger charge is 2.16. The van der Waals surface area contributed by atoms with Crippen molar-refractivity contribution in [1.29, 1.82) is 0 Å². The van der Waals surface area contributed by atoms with Crippen molar-refractivity contribution in [3.63, 3.8) is 0 Å². The molecule has 0 aromatic carbocycles. The van der Waals surface area contributed by atoms with Crippen LogP contribution in [0.2, 0.25) is 0 Å². The Kier molecular flexibility index (Phi) is 5.51. The molecule has 1 aromatic rings. The predicted octanol–water partition coefficient (Wildman–Crippen LogP) is -0.564. The molecule has 0 radical (unpaired) electrons. The van der Waals surface area contributed by atoms with Crippen LogP contribution in [0.15, 0.2) is 0 Å². The van der Waals surface area contributed by atoms with Crippen LogP contribution in [0.25, 0.3) is 0 Å². The van der Waals surface area contributed by atoms with Crippen LogP contribution in [-0.4, -0.2) is 45.2 Å². The molecule has 0 bridgehead atoms. The molecule has 0 aliphatic carbocycles. The van der Waals surface area contributed by atoms with E-state index in [1.807, 2.05) is 0 Å². The Balaban J connectivity index is 2.54. The monoisotopic (exact) mass is 307 g/mol. The molecule has 0 fully saturated rings. The SMILES string of the molecule is CCNS(=O)(=O)CCNC(=O)c1sc(NC)nc1N. The number of hydrogen-bond donors (Lipinski definition) is 4. The summed E-state index contributed by atoms with van der Waals surface area (Å²) in [4.78, 5) is 16.0. The van der Waals surface area contributed by atoms with Gasteiger partial charge < -0.3 is 16.4 Å². The maximum absolute atomic E-state index is 11.8. The van der Waals surface area contributed by atoms with Gasteiger partial charge in [0.05, 0.1) is 5.75 Å². The van der Waals surface area contributed by atoms with Gasteiger partial charge in [0.15, 0.2) is 5.13 Å². The number of amides is 1. The van der Waals surface area contributed by atoms with Crippen molar-refractivity contribution < 1.29 is 13.2 Å². The fourth-order valence-corrected chi connectivity index (χ4v) is 2.98. The first kappa shape index (κ1) is 15.7. The summed E-state index contributed by atoms with van der Waals surface area (Å²) in [6, 6.07) is 0. The molecule has 0 saturated heterocycles. The van der Waals surface area contributed by atoms with Gasteiger partial charge in [0.2, 0.25) is 10.0 Å². The van der Waals surface area contributed by atoms with Gasteiger partial charge in [0.25, 0.3) is 5.91 Å². The Morgan fingerprint density at radius 2 is 2.16 bits per heavy atom. The van der Waals surface area contributed by atoms with Crippen LogP contribution in [-0.2, 0) is 10.0 Å². The maximum atomic E-state index is 11.8. The number of carbonyl (C=O) groups is 1. The average molecular weight is 307 g/mol. The molecule has 10 heteroatoms. The zero-order valence-electron chi connectivity index (χ0n) is 10.7. The lowest BCUT2D eigenvalue weighted by atomic mass is 10.4.